The summed E-state index contributed by atoms with van der Waals surface area (Å²) in [6.45, 7) is 10.5. The Bertz CT molecular complexity index is 329. The monoisotopic (exact) mass is 247 g/mol. The number of aromatic nitrogens is 1. The molecule has 0 amide bonds. The second-order valence-corrected chi connectivity index (χ2v) is 5.58. The number of hydrogen-bond acceptors (Lipinski definition) is 3. The van der Waals surface area contributed by atoms with Crippen LogP contribution in [0.5, 0.6) is 0 Å². The van der Waals surface area contributed by atoms with Crippen molar-refractivity contribution >= 4 is 5.69 Å². The lowest BCUT2D eigenvalue weighted by molar-refractivity contribution is 0.248. The van der Waals surface area contributed by atoms with E-state index < -0.39 is 0 Å². The lowest BCUT2D eigenvalue weighted by atomic mass is 10.1. The van der Waals surface area contributed by atoms with E-state index in [1.807, 2.05) is 18.5 Å². The Morgan fingerprint density at radius 2 is 2.00 bits per heavy atom. The van der Waals surface area contributed by atoms with E-state index in [1.54, 1.807) is 0 Å². The largest absolute Gasteiger partial charge is 0.368 e. The van der Waals surface area contributed by atoms with Crippen LogP contribution in [0.15, 0.2) is 24.5 Å². The predicted octanol–water partition coefficient (Wildman–Crippen LogP) is 2.64. The first-order valence-electron chi connectivity index (χ1n) is 7.13. The summed E-state index contributed by atoms with van der Waals surface area (Å²) in [5.41, 5.74) is 1.26. The molecule has 0 N–H and O–H groups in total. The number of piperazine rings is 1. The van der Waals surface area contributed by atoms with Crippen molar-refractivity contribution < 1.29 is 0 Å². The van der Waals surface area contributed by atoms with Crippen LogP contribution in [0.25, 0.3) is 0 Å². The minimum atomic E-state index is 0.835. The molecule has 18 heavy (non-hydrogen) atoms. The fraction of sp³-hybridized carbons (Fsp3) is 0.667. The zero-order chi connectivity index (χ0) is 12.8. The molecule has 2 rings (SSSR count). The van der Waals surface area contributed by atoms with E-state index in [-0.39, 0.29) is 0 Å². The van der Waals surface area contributed by atoms with Gasteiger partial charge in [-0.05, 0) is 37.4 Å². The van der Waals surface area contributed by atoms with Gasteiger partial charge in [0.05, 0.1) is 11.9 Å². The van der Waals surface area contributed by atoms with Crippen molar-refractivity contribution in [3.05, 3.63) is 24.5 Å². The van der Waals surface area contributed by atoms with Crippen molar-refractivity contribution in [2.24, 2.45) is 5.92 Å². The van der Waals surface area contributed by atoms with Gasteiger partial charge in [-0.25, -0.2) is 0 Å². The van der Waals surface area contributed by atoms with Crippen molar-refractivity contribution in [3.8, 4) is 0 Å². The maximum Gasteiger partial charge on any atom is 0.0553 e. The molecule has 0 atom stereocenters. The fourth-order valence-electron chi connectivity index (χ4n) is 2.49. The molecule has 3 nitrogen and oxygen atoms in total. The molecule has 1 aromatic rings. The summed E-state index contributed by atoms with van der Waals surface area (Å²) in [6.07, 6.45) is 6.49. The lowest BCUT2D eigenvalue weighted by Gasteiger charge is -2.36. The molecule has 1 aliphatic rings. The van der Waals surface area contributed by atoms with Gasteiger partial charge in [0.1, 0.15) is 0 Å². The van der Waals surface area contributed by atoms with Gasteiger partial charge in [0.2, 0.25) is 0 Å². The molecule has 100 valence electrons. The third-order valence-electron chi connectivity index (χ3n) is 3.64. The molecule has 3 heteroatoms. The molecule has 0 bridgehead atoms. The number of anilines is 1. The predicted molar refractivity (Wildman–Crippen MR) is 77.0 cm³/mol. The normalized spacial score (nSPS) is 17.4. The molecule has 1 saturated heterocycles. The van der Waals surface area contributed by atoms with Gasteiger partial charge in [0.15, 0.2) is 0 Å². The van der Waals surface area contributed by atoms with Gasteiger partial charge < -0.3 is 4.90 Å². The highest BCUT2D eigenvalue weighted by atomic mass is 15.3. The van der Waals surface area contributed by atoms with E-state index in [2.05, 4.69) is 34.7 Å². The van der Waals surface area contributed by atoms with Crippen LogP contribution in [0.2, 0.25) is 0 Å². The summed E-state index contributed by atoms with van der Waals surface area (Å²) in [7, 11) is 0. The van der Waals surface area contributed by atoms with Gasteiger partial charge in [-0.2, -0.15) is 0 Å². The van der Waals surface area contributed by atoms with E-state index in [0.717, 1.165) is 19.0 Å². The molecule has 1 aromatic heterocycles. The molecule has 1 aliphatic heterocycles. The molecular formula is C15H25N3. The van der Waals surface area contributed by atoms with Crippen molar-refractivity contribution in [1.29, 1.82) is 0 Å². The second-order valence-electron chi connectivity index (χ2n) is 5.58. The summed E-state index contributed by atoms with van der Waals surface area (Å²) >= 11 is 0. The highest BCUT2D eigenvalue weighted by Crippen LogP contribution is 2.15. The number of hydrogen-bond donors (Lipinski definition) is 0. The first kappa shape index (κ1) is 13.3. The molecule has 0 aromatic carbocycles. The molecular weight excluding hydrogens is 222 g/mol. The van der Waals surface area contributed by atoms with Crippen molar-refractivity contribution in [3.63, 3.8) is 0 Å². The highest BCUT2D eigenvalue weighted by molar-refractivity contribution is 5.43. The molecule has 1 fully saturated rings. The van der Waals surface area contributed by atoms with Gasteiger partial charge in [-0.3, -0.25) is 9.88 Å². The van der Waals surface area contributed by atoms with Crippen LogP contribution < -0.4 is 4.90 Å². The summed E-state index contributed by atoms with van der Waals surface area (Å²) in [5.74, 6) is 0.835. The number of nitrogens with zero attached hydrogens (tertiary/aromatic N) is 3. The maximum atomic E-state index is 4.19. The Balaban J connectivity index is 1.71. The highest BCUT2D eigenvalue weighted by Gasteiger charge is 2.16. The summed E-state index contributed by atoms with van der Waals surface area (Å²) in [4.78, 5) is 9.22. The Morgan fingerprint density at radius 3 is 2.61 bits per heavy atom. The van der Waals surface area contributed by atoms with E-state index in [4.69, 9.17) is 0 Å². The van der Waals surface area contributed by atoms with Gasteiger partial charge in [0.25, 0.3) is 0 Å². The minimum Gasteiger partial charge on any atom is -0.368 e. The van der Waals surface area contributed by atoms with Gasteiger partial charge >= 0.3 is 0 Å². The lowest BCUT2D eigenvalue weighted by Crippen LogP contribution is -2.46. The third kappa shape index (κ3) is 3.98. The average Bonchev–Trinajstić information content (AvgIpc) is 2.40. The first-order valence-corrected chi connectivity index (χ1v) is 7.13. The van der Waals surface area contributed by atoms with Crippen molar-refractivity contribution in [1.82, 2.24) is 9.88 Å². The number of pyridine rings is 1. The molecule has 0 spiro atoms. The number of rotatable bonds is 5. The van der Waals surface area contributed by atoms with Crippen molar-refractivity contribution in [2.45, 2.75) is 26.7 Å². The Hall–Kier alpha value is -1.09. The van der Waals surface area contributed by atoms with Crippen LogP contribution in [0.3, 0.4) is 0 Å². The first-order chi connectivity index (χ1) is 8.75. The molecule has 0 radical (unpaired) electrons. The minimum absolute atomic E-state index is 0.835. The summed E-state index contributed by atoms with van der Waals surface area (Å²) in [6, 6.07) is 4.17. The average molecular weight is 247 g/mol. The standard InChI is InChI=1S/C15H25N3/c1-14(2)5-4-8-17-9-11-18(12-10-17)15-6-3-7-16-13-15/h3,6-7,13-14H,4-5,8-12H2,1-2H3. The molecule has 0 saturated carbocycles. The smallest absolute Gasteiger partial charge is 0.0553 e. The summed E-state index contributed by atoms with van der Waals surface area (Å²) in [5, 5.41) is 0. The zero-order valence-corrected chi connectivity index (χ0v) is 11.7. The van der Waals surface area contributed by atoms with E-state index in [0.29, 0.717) is 0 Å². The topological polar surface area (TPSA) is 19.4 Å². The SMILES string of the molecule is CC(C)CCCN1CCN(c2cccnc2)CC1. The molecule has 0 unspecified atom stereocenters. The van der Waals surface area contributed by atoms with Gasteiger partial charge in [-0.15, -0.1) is 0 Å². The third-order valence-corrected chi connectivity index (χ3v) is 3.64. The van der Waals surface area contributed by atoms with Gasteiger partial charge in [0, 0.05) is 32.4 Å². The second kappa shape index (κ2) is 6.74. The molecule has 0 aliphatic carbocycles. The van der Waals surface area contributed by atoms with E-state index >= 15 is 0 Å². The Morgan fingerprint density at radius 1 is 1.22 bits per heavy atom. The molecule has 2 heterocycles. The van der Waals surface area contributed by atoms with Crippen LogP contribution in [0.4, 0.5) is 5.69 Å². The Kier molecular flexibility index (Phi) is 5.00. The van der Waals surface area contributed by atoms with E-state index in [1.165, 1.54) is 38.2 Å². The van der Waals surface area contributed by atoms with Crippen LogP contribution in [-0.4, -0.2) is 42.6 Å². The zero-order valence-electron chi connectivity index (χ0n) is 11.7. The maximum absolute atomic E-state index is 4.19. The van der Waals surface area contributed by atoms with Crippen LogP contribution in [0, 0.1) is 5.92 Å². The fourth-order valence-corrected chi connectivity index (χ4v) is 2.49. The summed E-state index contributed by atoms with van der Waals surface area (Å²) < 4.78 is 0. The van der Waals surface area contributed by atoms with Crippen LogP contribution >= 0.6 is 0 Å². The van der Waals surface area contributed by atoms with Crippen LogP contribution in [-0.2, 0) is 0 Å². The van der Waals surface area contributed by atoms with Crippen LogP contribution in [0.1, 0.15) is 26.7 Å². The van der Waals surface area contributed by atoms with E-state index in [9.17, 15) is 0 Å². The Labute approximate surface area is 111 Å². The van der Waals surface area contributed by atoms with Crippen molar-refractivity contribution in [2.75, 3.05) is 37.6 Å². The quantitative estimate of drug-likeness (QED) is 0.797. The van der Waals surface area contributed by atoms with Gasteiger partial charge in [-0.1, -0.05) is 13.8 Å².